The molecule has 122 valence electrons. The minimum Gasteiger partial charge on any atom is -0.378 e. The maximum Gasteiger partial charge on any atom is 0.229 e. The van der Waals surface area contributed by atoms with Crippen molar-refractivity contribution in [2.24, 2.45) is 0 Å². The van der Waals surface area contributed by atoms with E-state index in [0.29, 0.717) is 5.95 Å². The monoisotopic (exact) mass is 383 g/mol. The van der Waals surface area contributed by atoms with Gasteiger partial charge in [0.2, 0.25) is 5.95 Å². The molecule has 5 nitrogen and oxygen atoms in total. The van der Waals surface area contributed by atoms with Gasteiger partial charge >= 0.3 is 0 Å². The second-order valence-electron chi connectivity index (χ2n) is 5.46. The Hall–Kier alpha value is -2.60. The first-order valence-electron chi connectivity index (χ1n) is 7.50. The summed E-state index contributed by atoms with van der Waals surface area (Å²) >= 11 is 3.42. The Morgan fingerprint density at radius 1 is 0.833 bits per heavy atom. The Balaban J connectivity index is 1.71. The number of hydrogen-bond donors (Lipinski definition) is 2. The predicted molar refractivity (Wildman–Crippen MR) is 104 cm³/mol. The standard InChI is InChI=1S/C18H18BrN5/c1-24(2)16-9-7-14(8-10-16)21-17-11-12-20-18(23-17)22-15-5-3-13(19)4-6-15/h3-12H,1-2H3,(H2,20,21,22,23). The van der Waals surface area contributed by atoms with Crippen molar-refractivity contribution in [1.82, 2.24) is 9.97 Å². The van der Waals surface area contributed by atoms with Crippen LogP contribution in [-0.4, -0.2) is 24.1 Å². The molecule has 0 amide bonds. The van der Waals surface area contributed by atoms with Crippen molar-refractivity contribution in [3.63, 3.8) is 0 Å². The molecule has 1 aromatic heterocycles. The van der Waals surface area contributed by atoms with Gasteiger partial charge in [0.15, 0.2) is 0 Å². The second-order valence-corrected chi connectivity index (χ2v) is 6.38. The highest BCUT2D eigenvalue weighted by molar-refractivity contribution is 9.10. The summed E-state index contributed by atoms with van der Waals surface area (Å²) in [4.78, 5) is 10.8. The minimum absolute atomic E-state index is 0.548. The Kier molecular flexibility index (Phi) is 4.96. The van der Waals surface area contributed by atoms with Crippen molar-refractivity contribution in [1.29, 1.82) is 0 Å². The lowest BCUT2D eigenvalue weighted by Crippen LogP contribution is -2.08. The summed E-state index contributed by atoms with van der Waals surface area (Å²) in [6, 6.07) is 17.9. The Morgan fingerprint density at radius 3 is 2.12 bits per heavy atom. The van der Waals surface area contributed by atoms with E-state index in [1.807, 2.05) is 56.6 Å². The fraction of sp³-hybridized carbons (Fsp3) is 0.111. The molecule has 2 N–H and O–H groups in total. The first-order chi connectivity index (χ1) is 11.6. The van der Waals surface area contributed by atoms with Crippen molar-refractivity contribution < 1.29 is 0 Å². The number of aromatic nitrogens is 2. The van der Waals surface area contributed by atoms with E-state index in [0.717, 1.165) is 27.4 Å². The van der Waals surface area contributed by atoms with E-state index in [1.54, 1.807) is 6.20 Å². The minimum atomic E-state index is 0.548. The van der Waals surface area contributed by atoms with E-state index < -0.39 is 0 Å². The molecule has 0 radical (unpaired) electrons. The molecule has 0 aliphatic carbocycles. The largest absolute Gasteiger partial charge is 0.378 e. The molecule has 1 heterocycles. The number of nitrogens with one attached hydrogen (secondary N) is 2. The van der Waals surface area contributed by atoms with Crippen LogP contribution in [0.5, 0.6) is 0 Å². The summed E-state index contributed by atoms with van der Waals surface area (Å²) in [7, 11) is 4.04. The van der Waals surface area contributed by atoms with Gasteiger partial charge < -0.3 is 15.5 Å². The molecule has 0 aliphatic heterocycles. The normalized spacial score (nSPS) is 10.3. The van der Waals surface area contributed by atoms with Gasteiger partial charge in [-0.25, -0.2) is 4.98 Å². The number of benzene rings is 2. The lowest BCUT2D eigenvalue weighted by molar-refractivity contribution is 1.13. The van der Waals surface area contributed by atoms with E-state index in [1.165, 1.54) is 0 Å². The van der Waals surface area contributed by atoms with Crippen LogP contribution >= 0.6 is 15.9 Å². The van der Waals surface area contributed by atoms with Crippen molar-refractivity contribution in [2.45, 2.75) is 0 Å². The summed E-state index contributed by atoms with van der Waals surface area (Å²) in [5, 5.41) is 6.48. The van der Waals surface area contributed by atoms with E-state index in [9.17, 15) is 0 Å². The molecule has 0 saturated carbocycles. The lowest BCUT2D eigenvalue weighted by Gasteiger charge is -2.13. The zero-order valence-electron chi connectivity index (χ0n) is 13.5. The third-order valence-electron chi connectivity index (χ3n) is 3.41. The van der Waals surface area contributed by atoms with Gasteiger partial charge in [-0.1, -0.05) is 15.9 Å². The van der Waals surface area contributed by atoms with Gasteiger partial charge in [0, 0.05) is 41.8 Å². The summed E-state index contributed by atoms with van der Waals surface area (Å²) < 4.78 is 1.03. The lowest BCUT2D eigenvalue weighted by atomic mass is 10.2. The number of halogens is 1. The average molecular weight is 384 g/mol. The molecule has 0 spiro atoms. The molecule has 0 aliphatic rings. The fourth-order valence-electron chi connectivity index (χ4n) is 2.14. The summed E-state index contributed by atoms with van der Waals surface area (Å²) in [6.07, 6.45) is 1.73. The van der Waals surface area contributed by atoms with E-state index in [2.05, 4.69) is 53.6 Å². The molecular weight excluding hydrogens is 366 g/mol. The van der Waals surface area contributed by atoms with Gasteiger partial charge in [-0.15, -0.1) is 0 Å². The Morgan fingerprint density at radius 2 is 1.46 bits per heavy atom. The van der Waals surface area contributed by atoms with Crippen LogP contribution in [0.3, 0.4) is 0 Å². The van der Waals surface area contributed by atoms with Crippen LogP contribution in [0, 0.1) is 0 Å². The Bertz CT molecular complexity index is 800. The Labute approximate surface area is 149 Å². The van der Waals surface area contributed by atoms with E-state index >= 15 is 0 Å². The second kappa shape index (κ2) is 7.31. The van der Waals surface area contributed by atoms with Gasteiger partial charge in [0.1, 0.15) is 5.82 Å². The summed E-state index contributed by atoms with van der Waals surface area (Å²) in [5.41, 5.74) is 3.07. The van der Waals surface area contributed by atoms with Crippen molar-refractivity contribution in [3.05, 3.63) is 65.3 Å². The number of nitrogens with zero attached hydrogens (tertiary/aromatic N) is 3. The van der Waals surface area contributed by atoms with Crippen molar-refractivity contribution >= 4 is 44.8 Å². The highest BCUT2D eigenvalue weighted by atomic mass is 79.9. The maximum atomic E-state index is 4.49. The van der Waals surface area contributed by atoms with Gasteiger partial charge in [-0.05, 0) is 54.6 Å². The summed E-state index contributed by atoms with van der Waals surface area (Å²) in [5.74, 6) is 1.29. The van der Waals surface area contributed by atoms with Crippen LogP contribution in [0.25, 0.3) is 0 Å². The molecule has 24 heavy (non-hydrogen) atoms. The quantitative estimate of drug-likeness (QED) is 0.662. The predicted octanol–water partition coefficient (Wildman–Crippen LogP) is 4.79. The fourth-order valence-corrected chi connectivity index (χ4v) is 2.41. The first-order valence-corrected chi connectivity index (χ1v) is 8.29. The molecule has 2 aromatic carbocycles. The third kappa shape index (κ3) is 4.23. The molecule has 0 fully saturated rings. The number of anilines is 5. The number of rotatable bonds is 5. The van der Waals surface area contributed by atoms with Crippen LogP contribution in [0.15, 0.2) is 65.3 Å². The highest BCUT2D eigenvalue weighted by Gasteiger charge is 2.02. The zero-order chi connectivity index (χ0) is 16.9. The van der Waals surface area contributed by atoms with Crippen molar-refractivity contribution in [2.75, 3.05) is 29.6 Å². The number of hydrogen-bond acceptors (Lipinski definition) is 5. The maximum absolute atomic E-state index is 4.49. The van der Waals surface area contributed by atoms with Crippen LogP contribution in [0.1, 0.15) is 0 Å². The highest BCUT2D eigenvalue weighted by Crippen LogP contribution is 2.21. The first kappa shape index (κ1) is 16.3. The van der Waals surface area contributed by atoms with Gasteiger partial charge in [0.25, 0.3) is 0 Å². The topological polar surface area (TPSA) is 53.1 Å². The van der Waals surface area contributed by atoms with Crippen LogP contribution < -0.4 is 15.5 Å². The van der Waals surface area contributed by atoms with E-state index in [4.69, 9.17) is 0 Å². The summed E-state index contributed by atoms with van der Waals surface area (Å²) in [6.45, 7) is 0. The molecule has 6 heteroatoms. The SMILES string of the molecule is CN(C)c1ccc(Nc2ccnc(Nc3ccc(Br)cc3)n2)cc1. The molecule has 3 rings (SSSR count). The molecule has 0 saturated heterocycles. The molecule has 0 unspecified atom stereocenters. The van der Waals surface area contributed by atoms with Gasteiger partial charge in [-0.3, -0.25) is 0 Å². The third-order valence-corrected chi connectivity index (χ3v) is 3.94. The van der Waals surface area contributed by atoms with Gasteiger partial charge in [0.05, 0.1) is 0 Å². The molecule has 0 bridgehead atoms. The molecule has 3 aromatic rings. The smallest absolute Gasteiger partial charge is 0.229 e. The molecular formula is C18H18BrN5. The van der Waals surface area contributed by atoms with Crippen LogP contribution in [0.4, 0.5) is 28.8 Å². The van der Waals surface area contributed by atoms with Gasteiger partial charge in [-0.2, -0.15) is 4.98 Å². The zero-order valence-corrected chi connectivity index (χ0v) is 15.1. The molecule has 0 atom stereocenters. The van der Waals surface area contributed by atoms with Crippen molar-refractivity contribution in [3.8, 4) is 0 Å². The average Bonchev–Trinajstić information content (AvgIpc) is 2.58. The van der Waals surface area contributed by atoms with E-state index in [-0.39, 0.29) is 0 Å². The van der Waals surface area contributed by atoms with Crippen LogP contribution in [0.2, 0.25) is 0 Å². The van der Waals surface area contributed by atoms with Crippen LogP contribution in [-0.2, 0) is 0 Å².